The quantitative estimate of drug-likeness (QED) is 0.824. The standard InChI is InChI=1S/C13H21N3O/c1-5-13(3,4)16-12(17)11-8-7-10(9-15-11)14-6-2/h7-9,14H,5-6H2,1-4H3,(H,16,17). The summed E-state index contributed by atoms with van der Waals surface area (Å²) < 4.78 is 0. The van der Waals surface area contributed by atoms with Gasteiger partial charge in [0.1, 0.15) is 5.69 Å². The molecule has 0 atom stereocenters. The highest BCUT2D eigenvalue weighted by Crippen LogP contribution is 2.10. The van der Waals surface area contributed by atoms with Crippen molar-refractivity contribution in [2.24, 2.45) is 0 Å². The van der Waals surface area contributed by atoms with Crippen LogP contribution in [0.1, 0.15) is 44.6 Å². The first kappa shape index (κ1) is 13.5. The van der Waals surface area contributed by atoms with Crippen molar-refractivity contribution in [3.8, 4) is 0 Å². The Bertz CT molecular complexity index is 371. The van der Waals surface area contributed by atoms with Gasteiger partial charge in [0.2, 0.25) is 0 Å². The number of hydrogen-bond donors (Lipinski definition) is 2. The molecule has 1 heterocycles. The number of nitrogens with zero attached hydrogens (tertiary/aromatic N) is 1. The predicted molar refractivity (Wildman–Crippen MR) is 70.2 cm³/mol. The van der Waals surface area contributed by atoms with Gasteiger partial charge in [-0.25, -0.2) is 4.98 Å². The van der Waals surface area contributed by atoms with Gasteiger partial charge in [0.25, 0.3) is 5.91 Å². The Labute approximate surface area is 103 Å². The Kier molecular flexibility index (Phi) is 4.49. The Balaban J connectivity index is 2.70. The lowest BCUT2D eigenvalue weighted by Gasteiger charge is -2.24. The molecule has 94 valence electrons. The van der Waals surface area contributed by atoms with Crippen LogP contribution in [-0.4, -0.2) is 23.0 Å². The summed E-state index contributed by atoms with van der Waals surface area (Å²) in [4.78, 5) is 16.0. The monoisotopic (exact) mass is 235 g/mol. The molecule has 4 nitrogen and oxygen atoms in total. The summed E-state index contributed by atoms with van der Waals surface area (Å²) in [6.07, 6.45) is 2.56. The second-order valence-electron chi connectivity index (χ2n) is 4.65. The highest BCUT2D eigenvalue weighted by atomic mass is 16.2. The Morgan fingerprint density at radius 1 is 1.35 bits per heavy atom. The van der Waals surface area contributed by atoms with Crippen LogP contribution in [0.2, 0.25) is 0 Å². The lowest BCUT2D eigenvalue weighted by Crippen LogP contribution is -2.43. The molecule has 2 N–H and O–H groups in total. The van der Waals surface area contributed by atoms with E-state index in [1.807, 2.05) is 33.8 Å². The summed E-state index contributed by atoms with van der Waals surface area (Å²) in [5.41, 5.74) is 1.19. The lowest BCUT2D eigenvalue weighted by molar-refractivity contribution is 0.0906. The molecule has 1 aromatic heterocycles. The minimum absolute atomic E-state index is 0.125. The number of rotatable bonds is 5. The van der Waals surface area contributed by atoms with E-state index in [9.17, 15) is 4.79 Å². The van der Waals surface area contributed by atoms with Gasteiger partial charge in [-0.2, -0.15) is 0 Å². The third kappa shape index (κ3) is 4.06. The van der Waals surface area contributed by atoms with Gasteiger partial charge in [-0.15, -0.1) is 0 Å². The van der Waals surface area contributed by atoms with Crippen molar-refractivity contribution in [1.82, 2.24) is 10.3 Å². The molecular formula is C13H21N3O. The minimum Gasteiger partial charge on any atom is -0.384 e. The first-order valence-corrected chi connectivity index (χ1v) is 6.01. The molecule has 0 aliphatic heterocycles. The molecule has 0 aliphatic rings. The number of carbonyl (C=O) groups is 1. The van der Waals surface area contributed by atoms with Gasteiger partial charge < -0.3 is 10.6 Å². The zero-order chi connectivity index (χ0) is 12.9. The van der Waals surface area contributed by atoms with Gasteiger partial charge in [-0.1, -0.05) is 6.92 Å². The van der Waals surface area contributed by atoms with Crippen LogP contribution in [0.15, 0.2) is 18.3 Å². The van der Waals surface area contributed by atoms with E-state index in [-0.39, 0.29) is 11.4 Å². The number of pyridine rings is 1. The van der Waals surface area contributed by atoms with Crippen LogP contribution in [-0.2, 0) is 0 Å². The zero-order valence-electron chi connectivity index (χ0n) is 11.0. The van der Waals surface area contributed by atoms with Crippen LogP contribution in [0.3, 0.4) is 0 Å². The first-order chi connectivity index (χ1) is 7.98. The summed E-state index contributed by atoms with van der Waals surface area (Å²) in [6, 6.07) is 3.60. The van der Waals surface area contributed by atoms with E-state index in [1.54, 1.807) is 12.3 Å². The van der Waals surface area contributed by atoms with E-state index in [2.05, 4.69) is 15.6 Å². The molecule has 0 saturated carbocycles. The molecule has 0 fully saturated rings. The van der Waals surface area contributed by atoms with E-state index < -0.39 is 0 Å². The van der Waals surface area contributed by atoms with Crippen molar-refractivity contribution >= 4 is 11.6 Å². The van der Waals surface area contributed by atoms with Gasteiger partial charge in [0.05, 0.1) is 11.9 Å². The maximum absolute atomic E-state index is 11.9. The van der Waals surface area contributed by atoms with E-state index in [4.69, 9.17) is 0 Å². The van der Waals surface area contributed by atoms with Crippen molar-refractivity contribution in [3.63, 3.8) is 0 Å². The molecule has 0 aromatic carbocycles. The van der Waals surface area contributed by atoms with Crippen molar-refractivity contribution in [3.05, 3.63) is 24.0 Å². The highest BCUT2D eigenvalue weighted by molar-refractivity contribution is 5.92. The SMILES string of the molecule is CCNc1ccc(C(=O)NC(C)(C)CC)nc1. The third-order valence-electron chi connectivity index (χ3n) is 2.71. The first-order valence-electron chi connectivity index (χ1n) is 6.01. The maximum Gasteiger partial charge on any atom is 0.270 e. The van der Waals surface area contributed by atoms with Gasteiger partial charge in [-0.3, -0.25) is 4.79 Å². The smallest absolute Gasteiger partial charge is 0.270 e. The van der Waals surface area contributed by atoms with Gasteiger partial charge in [0, 0.05) is 12.1 Å². The Hall–Kier alpha value is -1.58. The predicted octanol–water partition coefficient (Wildman–Crippen LogP) is 2.43. The number of amides is 1. The summed E-state index contributed by atoms with van der Waals surface area (Å²) in [5.74, 6) is -0.125. The number of hydrogen-bond acceptors (Lipinski definition) is 3. The van der Waals surface area contributed by atoms with Gasteiger partial charge in [-0.05, 0) is 39.3 Å². The molecule has 4 heteroatoms. The molecule has 1 aromatic rings. The van der Waals surface area contributed by atoms with Crippen LogP contribution in [0.25, 0.3) is 0 Å². The normalized spacial score (nSPS) is 11.1. The second-order valence-corrected chi connectivity index (χ2v) is 4.65. The third-order valence-corrected chi connectivity index (χ3v) is 2.71. The molecular weight excluding hydrogens is 214 g/mol. The minimum atomic E-state index is -0.195. The number of nitrogens with one attached hydrogen (secondary N) is 2. The van der Waals surface area contributed by atoms with Crippen molar-refractivity contribution < 1.29 is 4.79 Å². The molecule has 0 bridgehead atoms. The molecule has 0 unspecified atom stereocenters. The van der Waals surface area contributed by atoms with Gasteiger partial charge >= 0.3 is 0 Å². The fourth-order valence-electron chi connectivity index (χ4n) is 1.30. The van der Waals surface area contributed by atoms with E-state index in [0.717, 1.165) is 18.7 Å². The molecule has 0 spiro atoms. The fourth-order valence-corrected chi connectivity index (χ4v) is 1.30. The summed E-state index contributed by atoms with van der Waals surface area (Å²) in [6.45, 7) is 8.90. The zero-order valence-corrected chi connectivity index (χ0v) is 11.0. The number of aromatic nitrogens is 1. The summed E-state index contributed by atoms with van der Waals surface area (Å²) in [5, 5.41) is 6.09. The lowest BCUT2D eigenvalue weighted by atomic mass is 10.0. The molecule has 0 saturated heterocycles. The van der Waals surface area contributed by atoms with Crippen molar-refractivity contribution in [2.75, 3.05) is 11.9 Å². The van der Waals surface area contributed by atoms with Crippen LogP contribution < -0.4 is 10.6 Å². The van der Waals surface area contributed by atoms with Crippen LogP contribution in [0, 0.1) is 0 Å². The molecule has 1 amide bonds. The van der Waals surface area contributed by atoms with Crippen LogP contribution >= 0.6 is 0 Å². The topological polar surface area (TPSA) is 54.0 Å². The van der Waals surface area contributed by atoms with Crippen molar-refractivity contribution in [1.29, 1.82) is 0 Å². The van der Waals surface area contributed by atoms with Crippen LogP contribution in [0.5, 0.6) is 0 Å². The maximum atomic E-state index is 11.9. The fraction of sp³-hybridized carbons (Fsp3) is 0.538. The molecule has 0 radical (unpaired) electrons. The molecule has 1 rings (SSSR count). The van der Waals surface area contributed by atoms with Crippen LogP contribution in [0.4, 0.5) is 5.69 Å². The second kappa shape index (κ2) is 5.66. The summed E-state index contributed by atoms with van der Waals surface area (Å²) in [7, 11) is 0. The van der Waals surface area contributed by atoms with E-state index >= 15 is 0 Å². The Morgan fingerprint density at radius 3 is 2.53 bits per heavy atom. The number of anilines is 1. The summed E-state index contributed by atoms with van der Waals surface area (Å²) >= 11 is 0. The largest absolute Gasteiger partial charge is 0.384 e. The molecule has 17 heavy (non-hydrogen) atoms. The highest BCUT2D eigenvalue weighted by Gasteiger charge is 2.19. The van der Waals surface area contributed by atoms with E-state index in [1.165, 1.54) is 0 Å². The average Bonchev–Trinajstić information content (AvgIpc) is 2.30. The van der Waals surface area contributed by atoms with Crippen molar-refractivity contribution in [2.45, 2.75) is 39.7 Å². The molecule has 0 aliphatic carbocycles. The van der Waals surface area contributed by atoms with E-state index in [0.29, 0.717) is 5.69 Å². The number of carbonyl (C=O) groups excluding carboxylic acids is 1. The average molecular weight is 235 g/mol. The van der Waals surface area contributed by atoms with Gasteiger partial charge in [0.15, 0.2) is 0 Å². The Morgan fingerprint density at radius 2 is 2.06 bits per heavy atom.